The third-order valence-corrected chi connectivity index (χ3v) is 8.40. The molecule has 0 saturated carbocycles. The first-order chi connectivity index (χ1) is 16.6. The maximum absolute atomic E-state index is 4.54. The second-order valence-electron chi connectivity index (χ2n) is 12.1. The van der Waals surface area contributed by atoms with E-state index in [-0.39, 0.29) is 0 Å². The maximum Gasteiger partial charge on any atom is -0.0388 e. The van der Waals surface area contributed by atoms with Gasteiger partial charge in [-0.05, 0) is 31.1 Å². The Morgan fingerprint density at radius 3 is 1.09 bits per heavy atom. The minimum Gasteiger partial charge on any atom is -0.0654 e. The molecule has 0 rings (SSSR count). The van der Waals surface area contributed by atoms with E-state index in [1.165, 1.54) is 167 Å². The number of unbranched alkanes of at least 4 members (excludes halogenated alkanes) is 20. The molecular formula is C34H69. The molecule has 0 aromatic carbocycles. The Morgan fingerprint density at radius 2 is 0.706 bits per heavy atom. The number of hydrogen-bond acceptors (Lipinski definition) is 0. The van der Waals surface area contributed by atoms with Gasteiger partial charge in [-0.3, -0.25) is 0 Å². The van der Waals surface area contributed by atoms with Crippen molar-refractivity contribution in [2.75, 3.05) is 0 Å². The SMILES string of the molecule is [CH2]C(CCC(C)CCCCCCCCCCCCC)C(C)CCCCCCCCCCCCC. The summed E-state index contributed by atoms with van der Waals surface area (Å²) in [7, 11) is 0. The zero-order chi connectivity index (χ0) is 25.1. The van der Waals surface area contributed by atoms with Gasteiger partial charge < -0.3 is 0 Å². The molecule has 34 heavy (non-hydrogen) atoms. The topological polar surface area (TPSA) is 0 Å². The molecule has 0 aromatic heterocycles. The average Bonchev–Trinajstić information content (AvgIpc) is 2.84. The van der Waals surface area contributed by atoms with Crippen LogP contribution in [0.1, 0.15) is 195 Å². The first-order valence-electron chi connectivity index (χ1n) is 16.4. The van der Waals surface area contributed by atoms with E-state index in [2.05, 4.69) is 34.6 Å². The van der Waals surface area contributed by atoms with Gasteiger partial charge in [-0.25, -0.2) is 0 Å². The van der Waals surface area contributed by atoms with Crippen LogP contribution in [0.4, 0.5) is 0 Å². The lowest BCUT2D eigenvalue weighted by Gasteiger charge is -2.21. The third kappa shape index (κ3) is 25.1. The molecule has 0 nitrogen and oxygen atoms in total. The van der Waals surface area contributed by atoms with Gasteiger partial charge in [0.25, 0.3) is 0 Å². The van der Waals surface area contributed by atoms with Crippen molar-refractivity contribution >= 4 is 0 Å². The highest BCUT2D eigenvalue weighted by Gasteiger charge is 2.13. The van der Waals surface area contributed by atoms with Crippen LogP contribution in [0.15, 0.2) is 0 Å². The van der Waals surface area contributed by atoms with E-state index >= 15 is 0 Å². The van der Waals surface area contributed by atoms with Crippen LogP contribution in [0.25, 0.3) is 0 Å². The molecule has 0 fully saturated rings. The Balaban J connectivity index is 3.43. The highest BCUT2D eigenvalue weighted by atomic mass is 14.2. The molecule has 0 aliphatic rings. The van der Waals surface area contributed by atoms with Crippen LogP contribution in [0.2, 0.25) is 0 Å². The van der Waals surface area contributed by atoms with Crippen LogP contribution >= 0.6 is 0 Å². The Morgan fingerprint density at radius 1 is 0.382 bits per heavy atom. The van der Waals surface area contributed by atoms with Gasteiger partial charge in [-0.15, -0.1) is 0 Å². The molecule has 1 radical (unpaired) electrons. The van der Waals surface area contributed by atoms with Crippen molar-refractivity contribution in [3.05, 3.63) is 6.92 Å². The predicted octanol–water partition coefficient (Wildman–Crippen LogP) is 12.9. The summed E-state index contributed by atoms with van der Waals surface area (Å²) in [5.74, 6) is 2.38. The summed E-state index contributed by atoms with van der Waals surface area (Å²) in [6, 6.07) is 0. The van der Waals surface area contributed by atoms with E-state index in [0.717, 1.165) is 11.8 Å². The summed E-state index contributed by atoms with van der Waals surface area (Å²) < 4.78 is 0. The molecule has 3 unspecified atom stereocenters. The second kappa shape index (κ2) is 27.6. The molecule has 0 heteroatoms. The summed E-state index contributed by atoms with van der Waals surface area (Å²) in [4.78, 5) is 0. The van der Waals surface area contributed by atoms with Crippen molar-refractivity contribution in [1.29, 1.82) is 0 Å². The molecule has 3 atom stereocenters. The van der Waals surface area contributed by atoms with E-state index in [0.29, 0.717) is 5.92 Å². The van der Waals surface area contributed by atoms with Crippen LogP contribution in [0.3, 0.4) is 0 Å². The van der Waals surface area contributed by atoms with E-state index in [9.17, 15) is 0 Å². The van der Waals surface area contributed by atoms with Gasteiger partial charge in [-0.2, -0.15) is 0 Å². The third-order valence-electron chi connectivity index (χ3n) is 8.40. The fourth-order valence-corrected chi connectivity index (χ4v) is 5.45. The lowest BCUT2D eigenvalue weighted by Crippen LogP contribution is -2.10. The van der Waals surface area contributed by atoms with Crippen LogP contribution < -0.4 is 0 Å². The summed E-state index contributed by atoms with van der Waals surface area (Å²) >= 11 is 0. The van der Waals surface area contributed by atoms with Crippen LogP contribution in [0, 0.1) is 24.7 Å². The molecular weight excluding hydrogens is 408 g/mol. The Hall–Kier alpha value is 0. The first kappa shape index (κ1) is 34.0. The lowest BCUT2D eigenvalue weighted by molar-refractivity contribution is 0.326. The summed E-state index contributed by atoms with van der Waals surface area (Å²) in [5, 5.41) is 0. The Kier molecular flexibility index (Phi) is 27.6. The Bertz CT molecular complexity index is 359. The highest BCUT2D eigenvalue weighted by Crippen LogP contribution is 2.26. The normalized spacial score (nSPS) is 14.4. The molecule has 0 amide bonds. The van der Waals surface area contributed by atoms with E-state index < -0.39 is 0 Å². The van der Waals surface area contributed by atoms with E-state index in [1.807, 2.05) is 0 Å². The predicted molar refractivity (Wildman–Crippen MR) is 159 cm³/mol. The fraction of sp³-hybridized carbons (Fsp3) is 0.971. The number of hydrogen-bond donors (Lipinski definition) is 0. The fourth-order valence-electron chi connectivity index (χ4n) is 5.45. The van der Waals surface area contributed by atoms with Crippen LogP contribution in [-0.4, -0.2) is 0 Å². The smallest absolute Gasteiger partial charge is 0.0388 e. The van der Waals surface area contributed by atoms with Gasteiger partial charge in [0.1, 0.15) is 0 Å². The molecule has 0 heterocycles. The Labute approximate surface area is 219 Å². The standard InChI is InChI=1S/C34H69/c1-6-8-10-12-14-16-18-20-22-24-26-28-32(3)30-31-34(5)33(4)29-27-25-23-21-19-17-15-13-11-9-7-2/h32-34H,5-31H2,1-4H3. The molecule has 0 spiro atoms. The molecule has 0 N–H and O–H groups in total. The van der Waals surface area contributed by atoms with Crippen LogP contribution in [-0.2, 0) is 0 Å². The first-order valence-corrected chi connectivity index (χ1v) is 16.4. The van der Waals surface area contributed by atoms with Crippen molar-refractivity contribution in [1.82, 2.24) is 0 Å². The van der Waals surface area contributed by atoms with Gasteiger partial charge in [0.05, 0.1) is 0 Å². The van der Waals surface area contributed by atoms with Crippen molar-refractivity contribution in [2.24, 2.45) is 17.8 Å². The van der Waals surface area contributed by atoms with Gasteiger partial charge in [0.2, 0.25) is 0 Å². The average molecular weight is 478 g/mol. The van der Waals surface area contributed by atoms with Gasteiger partial charge in [-0.1, -0.05) is 188 Å². The summed E-state index contributed by atoms with van der Waals surface area (Å²) in [6.45, 7) is 14.1. The minimum atomic E-state index is 0.669. The minimum absolute atomic E-state index is 0.669. The van der Waals surface area contributed by atoms with Gasteiger partial charge in [0.15, 0.2) is 0 Å². The van der Waals surface area contributed by atoms with Gasteiger partial charge in [0, 0.05) is 0 Å². The molecule has 0 bridgehead atoms. The highest BCUT2D eigenvalue weighted by molar-refractivity contribution is 4.70. The van der Waals surface area contributed by atoms with Crippen molar-refractivity contribution in [2.45, 2.75) is 195 Å². The second-order valence-corrected chi connectivity index (χ2v) is 12.1. The van der Waals surface area contributed by atoms with Crippen molar-refractivity contribution in [3.63, 3.8) is 0 Å². The zero-order valence-corrected chi connectivity index (χ0v) is 24.8. The summed E-state index contributed by atoms with van der Waals surface area (Å²) in [6.07, 6.45) is 37.5. The lowest BCUT2D eigenvalue weighted by atomic mass is 9.84. The van der Waals surface area contributed by atoms with Crippen LogP contribution in [0.5, 0.6) is 0 Å². The maximum atomic E-state index is 4.54. The van der Waals surface area contributed by atoms with Crippen molar-refractivity contribution < 1.29 is 0 Å². The molecule has 205 valence electrons. The summed E-state index contributed by atoms with van der Waals surface area (Å²) in [5.41, 5.74) is 0. The molecule has 0 aliphatic carbocycles. The van der Waals surface area contributed by atoms with Gasteiger partial charge >= 0.3 is 0 Å². The molecule has 0 aliphatic heterocycles. The number of rotatable bonds is 28. The van der Waals surface area contributed by atoms with E-state index in [1.54, 1.807) is 0 Å². The largest absolute Gasteiger partial charge is 0.0654 e. The molecule has 0 saturated heterocycles. The zero-order valence-electron chi connectivity index (χ0n) is 24.8. The van der Waals surface area contributed by atoms with E-state index in [4.69, 9.17) is 0 Å². The quantitative estimate of drug-likeness (QED) is 0.0982. The van der Waals surface area contributed by atoms with Crippen molar-refractivity contribution in [3.8, 4) is 0 Å². The molecule has 0 aromatic rings. The monoisotopic (exact) mass is 478 g/mol.